The molecule has 8 heteroatoms. The van der Waals surface area contributed by atoms with Crippen molar-refractivity contribution in [3.63, 3.8) is 0 Å². The first-order valence-electron chi connectivity index (χ1n) is 10.3. The predicted octanol–water partition coefficient (Wildman–Crippen LogP) is 4.57. The summed E-state index contributed by atoms with van der Waals surface area (Å²) in [5.74, 6) is 0.708. The number of fused-ring (bicyclic) bond motifs is 3. The van der Waals surface area contributed by atoms with Gasteiger partial charge >= 0.3 is 12.2 Å². The van der Waals surface area contributed by atoms with E-state index in [0.29, 0.717) is 37.0 Å². The number of hydrogen-bond donors (Lipinski definition) is 1. The van der Waals surface area contributed by atoms with Crippen molar-refractivity contribution in [1.82, 2.24) is 10.2 Å². The van der Waals surface area contributed by atoms with E-state index >= 15 is 0 Å². The highest BCUT2D eigenvalue weighted by atomic mass is 35.5. The van der Waals surface area contributed by atoms with Gasteiger partial charge < -0.3 is 19.7 Å². The minimum atomic E-state index is -0.626. The van der Waals surface area contributed by atoms with Crippen molar-refractivity contribution in [2.24, 2.45) is 0 Å². The quantitative estimate of drug-likeness (QED) is 0.680. The summed E-state index contributed by atoms with van der Waals surface area (Å²) in [6, 6.07) is 9.41. The SMILES string of the molecule is CN(C)CCNC(=O)Oc1cc2c(c3ccccc13)C(CCl)CN2C(=O)OC(C)(C)C. The molecule has 0 saturated heterocycles. The molecule has 3 rings (SSSR count). The smallest absolute Gasteiger partial charge is 0.414 e. The number of carbonyl (C=O) groups excluding carboxylic acids is 2. The molecule has 1 heterocycles. The van der Waals surface area contributed by atoms with E-state index in [1.807, 2.05) is 64.0 Å². The molecule has 31 heavy (non-hydrogen) atoms. The topological polar surface area (TPSA) is 71.1 Å². The summed E-state index contributed by atoms with van der Waals surface area (Å²) in [6.07, 6.45) is -0.985. The van der Waals surface area contributed by atoms with Gasteiger partial charge in [0.15, 0.2) is 0 Å². The van der Waals surface area contributed by atoms with Crippen molar-refractivity contribution in [2.45, 2.75) is 32.3 Å². The Kier molecular flexibility index (Phi) is 6.96. The Labute approximate surface area is 188 Å². The van der Waals surface area contributed by atoms with Gasteiger partial charge in [0.25, 0.3) is 0 Å². The van der Waals surface area contributed by atoms with Crippen LogP contribution < -0.4 is 15.0 Å². The highest BCUT2D eigenvalue weighted by Gasteiger charge is 2.37. The highest BCUT2D eigenvalue weighted by Crippen LogP contribution is 2.45. The molecule has 1 unspecified atom stereocenters. The number of halogens is 1. The Morgan fingerprint density at radius 3 is 2.52 bits per heavy atom. The van der Waals surface area contributed by atoms with Gasteiger partial charge in [-0.3, -0.25) is 4.90 Å². The standard InChI is InChI=1S/C23H30ClN3O4/c1-23(2,3)31-22(29)27-14-15(13-24)20-17-9-7-6-8-16(17)19(12-18(20)27)30-21(28)25-10-11-26(4)5/h6-9,12,15H,10-11,13-14H2,1-5H3,(H,25,28). The fraction of sp³-hybridized carbons (Fsp3) is 0.478. The molecule has 7 nitrogen and oxygen atoms in total. The van der Waals surface area contributed by atoms with Crippen molar-refractivity contribution in [3.05, 3.63) is 35.9 Å². The minimum absolute atomic E-state index is 0.0444. The maximum absolute atomic E-state index is 12.9. The van der Waals surface area contributed by atoms with Crippen molar-refractivity contribution in [3.8, 4) is 5.75 Å². The van der Waals surface area contributed by atoms with Crippen LogP contribution in [0.4, 0.5) is 15.3 Å². The van der Waals surface area contributed by atoms with E-state index in [-0.39, 0.29) is 5.92 Å². The number of likely N-dealkylation sites (N-methyl/N-ethyl adjacent to an activating group) is 1. The summed E-state index contributed by atoms with van der Waals surface area (Å²) in [4.78, 5) is 28.8. The molecule has 1 N–H and O–H groups in total. The number of nitrogens with zero attached hydrogens (tertiary/aromatic N) is 2. The van der Waals surface area contributed by atoms with Crippen LogP contribution >= 0.6 is 11.6 Å². The number of alkyl halides is 1. The summed E-state index contributed by atoms with van der Waals surface area (Å²) < 4.78 is 11.3. The second-order valence-corrected chi connectivity index (χ2v) is 9.22. The zero-order chi connectivity index (χ0) is 22.8. The van der Waals surface area contributed by atoms with Crippen LogP contribution in [0.5, 0.6) is 5.75 Å². The fourth-order valence-corrected chi connectivity index (χ4v) is 3.88. The number of carbonyl (C=O) groups is 2. The molecule has 2 amide bonds. The second-order valence-electron chi connectivity index (χ2n) is 8.91. The summed E-state index contributed by atoms with van der Waals surface area (Å²) in [6.45, 7) is 7.06. The number of hydrogen-bond acceptors (Lipinski definition) is 5. The van der Waals surface area contributed by atoms with Gasteiger partial charge in [0.2, 0.25) is 0 Å². The van der Waals surface area contributed by atoms with Gasteiger partial charge in [0, 0.05) is 42.9 Å². The molecule has 1 aliphatic rings. The normalized spacial score (nSPS) is 15.8. The molecule has 0 radical (unpaired) electrons. The number of benzene rings is 2. The Bertz CT molecular complexity index is 971. The Hall–Kier alpha value is -2.51. The lowest BCUT2D eigenvalue weighted by Gasteiger charge is -2.25. The number of amides is 2. The molecular weight excluding hydrogens is 418 g/mol. The highest BCUT2D eigenvalue weighted by molar-refractivity contribution is 6.19. The second kappa shape index (κ2) is 9.32. The van der Waals surface area contributed by atoms with Crippen LogP contribution in [0.1, 0.15) is 32.3 Å². The maximum Gasteiger partial charge on any atom is 0.414 e. The van der Waals surface area contributed by atoms with Crippen LogP contribution in [-0.2, 0) is 4.74 Å². The predicted molar refractivity (Wildman–Crippen MR) is 124 cm³/mol. The third-order valence-electron chi connectivity index (χ3n) is 4.96. The molecule has 0 saturated carbocycles. The first kappa shape index (κ1) is 23.2. The summed E-state index contributed by atoms with van der Waals surface area (Å²) in [5, 5.41) is 4.46. The van der Waals surface area contributed by atoms with E-state index in [9.17, 15) is 9.59 Å². The number of ether oxygens (including phenoxy) is 2. The summed E-state index contributed by atoms with van der Waals surface area (Å²) in [7, 11) is 3.86. The molecule has 0 bridgehead atoms. The van der Waals surface area contributed by atoms with E-state index < -0.39 is 17.8 Å². The zero-order valence-corrected chi connectivity index (χ0v) is 19.5. The monoisotopic (exact) mass is 447 g/mol. The Morgan fingerprint density at radius 1 is 1.23 bits per heavy atom. The van der Waals surface area contributed by atoms with Gasteiger partial charge in [-0.05, 0) is 45.8 Å². The van der Waals surface area contributed by atoms with E-state index in [1.165, 1.54) is 0 Å². The van der Waals surface area contributed by atoms with Crippen LogP contribution in [0.3, 0.4) is 0 Å². The van der Waals surface area contributed by atoms with E-state index in [2.05, 4.69) is 5.32 Å². The number of rotatable bonds is 5. The first-order valence-corrected chi connectivity index (χ1v) is 10.9. The third kappa shape index (κ3) is 5.40. The molecule has 2 aromatic carbocycles. The van der Waals surface area contributed by atoms with Crippen molar-refractivity contribution < 1.29 is 19.1 Å². The van der Waals surface area contributed by atoms with E-state index in [4.69, 9.17) is 21.1 Å². The van der Waals surface area contributed by atoms with Gasteiger partial charge in [-0.15, -0.1) is 11.6 Å². The molecule has 0 fully saturated rings. The van der Waals surface area contributed by atoms with Crippen LogP contribution in [0.25, 0.3) is 10.8 Å². The van der Waals surface area contributed by atoms with Gasteiger partial charge in [0.05, 0.1) is 5.69 Å². The number of anilines is 1. The van der Waals surface area contributed by atoms with Crippen LogP contribution in [0.2, 0.25) is 0 Å². The average Bonchev–Trinajstić information content (AvgIpc) is 3.05. The molecule has 0 spiro atoms. The molecule has 2 aromatic rings. The van der Waals surface area contributed by atoms with Crippen molar-refractivity contribution in [2.75, 3.05) is 44.5 Å². The molecular formula is C23H30ClN3O4. The Balaban J connectivity index is 1.99. The van der Waals surface area contributed by atoms with Crippen molar-refractivity contribution in [1.29, 1.82) is 0 Å². The molecule has 1 aliphatic heterocycles. The van der Waals surface area contributed by atoms with Gasteiger partial charge in [-0.1, -0.05) is 24.3 Å². The van der Waals surface area contributed by atoms with E-state index in [0.717, 1.165) is 16.3 Å². The lowest BCUT2D eigenvalue weighted by atomic mass is 9.95. The third-order valence-corrected chi connectivity index (χ3v) is 5.33. The van der Waals surface area contributed by atoms with Gasteiger partial charge in [-0.2, -0.15) is 0 Å². The lowest BCUT2D eigenvalue weighted by Crippen LogP contribution is -2.36. The van der Waals surface area contributed by atoms with Gasteiger partial charge in [0.1, 0.15) is 11.4 Å². The first-order chi connectivity index (χ1) is 14.6. The molecule has 168 valence electrons. The molecule has 1 atom stereocenters. The summed E-state index contributed by atoms with van der Waals surface area (Å²) >= 11 is 6.27. The van der Waals surface area contributed by atoms with Gasteiger partial charge in [-0.25, -0.2) is 9.59 Å². The largest absolute Gasteiger partial charge is 0.443 e. The summed E-state index contributed by atoms with van der Waals surface area (Å²) in [5.41, 5.74) is 1.00. The van der Waals surface area contributed by atoms with E-state index in [1.54, 1.807) is 11.0 Å². The fourth-order valence-electron chi connectivity index (χ4n) is 3.63. The molecule has 0 aromatic heterocycles. The lowest BCUT2D eigenvalue weighted by molar-refractivity contribution is 0.0582. The van der Waals surface area contributed by atoms with Crippen molar-refractivity contribution >= 4 is 40.2 Å². The Morgan fingerprint density at radius 2 is 1.90 bits per heavy atom. The minimum Gasteiger partial charge on any atom is -0.443 e. The maximum atomic E-state index is 12.9. The van der Waals surface area contributed by atoms with Crippen LogP contribution in [0.15, 0.2) is 30.3 Å². The average molecular weight is 448 g/mol. The molecule has 0 aliphatic carbocycles. The van der Waals surface area contributed by atoms with Crippen LogP contribution in [0, 0.1) is 0 Å². The number of nitrogens with one attached hydrogen (secondary N) is 1. The van der Waals surface area contributed by atoms with Crippen LogP contribution in [-0.4, -0.2) is 62.3 Å². The zero-order valence-electron chi connectivity index (χ0n) is 18.7.